The van der Waals surface area contributed by atoms with Gasteiger partial charge >= 0.3 is 0 Å². The van der Waals surface area contributed by atoms with Gasteiger partial charge in [0.15, 0.2) is 0 Å². The van der Waals surface area contributed by atoms with Gasteiger partial charge in [0.05, 0.1) is 23.6 Å². The van der Waals surface area contributed by atoms with Crippen LogP contribution in [-0.4, -0.2) is 99.7 Å². The Kier molecular flexibility index (Phi) is 9.34. The van der Waals surface area contributed by atoms with Crippen molar-refractivity contribution >= 4 is 27.5 Å². The van der Waals surface area contributed by atoms with E-state index in [0.29, 0.717) is 38.3 Å². The molecule has 2 aliphatic heterocycles. The highest BCUT2D eigenvalue weighted by Gasteiger charge is 2.32. The van der Waals surface area contributed by atoms with Crippen molar-refractivity contribution in [2.45, 2.75) is 45.1 Å². The topological polar surface area (TPSA) is 126 Å². The van der Waals surface area contributed by atoms with Gasteiger partial charge in [0.25, 0.3) is 5.91 Å². The number of aliphatic imine (C=N–C) groups is 2. The van der Waals surface area contributed by atoms with Gasteiger partial charge in [0.2, 0.25) is 15.9 Å². The van der Waals surface area contributed by atoms with Crippen molar-refractivity contribution in [2.24, 2.45) is 9.98 Å². The molecule has 0 spiro atoms. The summed E-state index contributed by atoms with van der Waals surface area (Å²) in [4.78, 5) is 28.2. The second kappa shape index (κ2) is 12.0. The number of nitrogens with one attached hydrogen (secondary N) is 1. The van der Waals surface area contributed by atoms with Crippen LogP contribution in [0.25, 0.3) is 0 Å². The highest BCUT2D eigenvalue weighted by atomic mass is 32.2. The quantitative estimate of drug-likeness (QED) is 0.522. The zero-order valence-electron chi connectivity index (χ0n) is 21.9. The van der Waals surface area contributed by atoms with Crippen molar-refractivity contribution in [2.75, 3.05) is 53.5 Å². The molecule has 0 bridgehead atoms. The minimum atomic E-state index is -3.81. The van der Waals surface area contributed by atoms with Gasteiger partial charge in [0.1, 0.15) is 23.0 Å². The van der Waals surface area contributed by atoms with Gasteiger partial charge in [-0.25, -0.2) is 18.4 Å². The molecule has 36 heavy (non-hydrogen) atoms. The lowest BCUT2D eigenvalue weighted by Crippen LogP contribution is -2.48. The number of likely N-dealkylation sites (N-methyl/N-ethyl adjacent to an activating group) is 1. The monoisotopic (exact) mass is 520 g/mol. The number of amides is 1. The first-order valence-electron chi connectivity index (χ1n) is 12.1. The predicted octanol–water partition coefficient (Wildman–Crippen LogP) is 1.45. The molecule has 1 aromatic rings. The molecule has 1 atom stereocenters. The summed E-state index contributed by atoms with van der Waals surface area (Å²) in [6, 6.07) is 1.47. The van der Waals surface area contributed by atoms with Gasteiger partial charge < -0.3 is 19.7 Å². The molecule has 1 aromatic heterocycles. The Morgan fingerprint density at radius 3 is 2.53 bits per heavy atom. The third-order valence-corrected chi connectivity index (χ3v) is 8.27. The Hall–Kier alpha value is -2.67. The zero-order valence-corrected chi connectivity index (χ0v) is 22.7. The maximum Gasteiger partial charge on any atom is 0.277 e. The number of nitrogens with zero attached hydrogens (tertiary/aromatic N) is 5. The summed E-state index contributed by atoms with van der Waals surface area (Å²) in [5.74, 6) is -0.112. The third kappa shape index (κ3) is 6.00. The molecule has 11 nitrogen and oxygen atoms in total. The molecular weight excluding hydrogens is 484 g/mol. The van der Waals surface area contributed by atoms with Crippen molar-refractivity contribution < 1.29 is 22.7 Å². The molecule has 0 aliphatic carbocycles. The third-order valence-electron chi connectivity index (χ3n) is 6.41. The van der Waals surface area contributed by atoms with Gasteiger partial charge in [0, 0.05) is 40.3 Å². The fraction of sp³-hybridized carbons (Fsp3) is 0.583. The predicted molar refractivity (Wildman–Crippen MR) is 138 cm³/mol. The van der Waals surface area contributed by atoms with Gasteiger partial charge in [-0.2, -0.15) is 4.31 Å². The van der Waals surface area contributed by atoms with Crippen LogP contribution >= 0.6 is 0 Å². The van der Waals surface area contributed by atoms with E-state index in [9.17, 15) is 13.2 Å². The number of hydrogen-bond acceptors (Lipinski definition) is 9. The summed E-state index contributed by atoms with van der Waals surface area (Å²) in [5.41, 5.74) is 1.83. The molecule has 1 amide bonds. The first-order chi connectivity index (χ1) is 17.2. The van der Waals surface area contributed by atoms with E-state index < -0.39 is 15.9 Å². The smallest absolute Gasteiger partial charge is 0.277 e. The molecule has 3 rings (SSSR count). The minimum absolute atomic E-state index is 0.0132. The largest absolute Gasteiger partial charge is 0.474 e. The summed E-state index contributed by atoms with van der Waals surface area (Å²) >= 11 is 0. The highest BCUT2D eigenvalue weighted by Crippen LogP contribution is 2.26. The Labute approximate surface area is 213 Å². The number of hydrogen-bond donors (Lipinski definition) is 1. The van der Waals surface area contributed by atoms with E-state index in [-0.39, 0.29) is 40.6 Å². The number of piperazine rings is 1. The number of aromatic nitrogens is 1. The van der Waals surface area contributed by atoms with Gasteiger partial charge in [-0.3, -0.25) is 9.79 Å². The highest BCUT2D eigenvalue weighted by molar-refractivity contribution is 7.89. The molecule has 1 saturated heterocycles. The van der Waals surface area contributed by atoms with Crippen molar-refractivity contribution in [3.05, 3.63) is 29.1 Å². The molecule has 198 valence electrons. The second-order valence-corrected chi connectivity index (χ2v) is 10.6. The lowest BCUT2D eigenvalue weighted by atomic mass is 10.1. The average Bonchev–Trinajstić information content (AvgIpc) is 2.90. The lowest BCUT2D eigenvalue weighted by molar-refractivity contribution is -0.113. The number of ether oxygens (including phenoxy) is 2. The van der Waals surface area contributed by atoms with E-state index in [1.165, 1.54) is 23.6 Å². The minimum Gasteiger partial charge on any atom is -0.474 e. The molecule has 1 fully saturated rings. The van der Waals surface area contributed by atoms with Crippen LogP contribution in [0.1, 0.15) is 39.7 Å². The molecule has 1 unspecified atom stereocenters. The number of amidine groups is 1. The van der Waals surface area contributed by atoms with Crippen LogP contribution in [0.15, 0.2) is 38.4 Å². The summed E-state index contributed by atoms with van der Waals surface area (Å²) in [6.45, 7) is 10.9. The summed E-state index contributed by atoms with van der Waals surface area (Å²) in [6.07, 6.45) is 1.73. The maximum atomic E-state index is 13.5. The fourth-order valence-electron chi connectivity index (χ4n) is 3.83. The van der Waals surface area contributed by atoms with E-state index in [4.69, 9.17) is 9.47 Å². The summed E-state index contributed by atoms with van der Waals surface area (Å²) in [5, 5.41) is 2.74. The van der Waals surface area contributed by atoms with Gasteiger partial charge in [-0.1, -0.05) is 13.8 Å². The fourth-order valence-corrected chi connectivity index (χ4v) is 5.22. The first kappa shape index (κ1) is 27.9. The number of rotatable bonds is 9. The zero-order chi connectivity index (χ0) is 26.5. The molecule has 1 N–H and O–H groups in total. The standard InChI is InChI=1S/C24H36N6O5S/c1-7-16(3)20-21(25-5)23(31)28-22(27-20)19-13-18(14-26-24(19)35-15-17(4)34-6)36(32,33)30-11-9-29(8-2)10-12-30/h13-14,17H,7-12,15H2,1-6H3,(H,27,28,31)/b20-16-,25-21?. The first-order valence-corrected chi connectivity index (χ1v) is 13.6. The summed E-state index contributed by atoms with van der Waals surface area (Å²) in [7, 11) is -0.709. The number of carbonyl (C=O) groups is 1. The van der Waals surface area contributed by atoms with Crippen LogP contribution in [0, 0.1) is 0 Å². The molecule has 3 heterocycles. The molecule has 0 aromatic carbocycles. The number of pyridine rings is 1. The average molecular weight is 521 g/mol. The molecule has 12 heteroatoms. The van der Waals surface area contributed by atoms with Gasteiger partial charge in [-0.15, -0.1) is 0 Å². The maximum absolute atomic E-state index is 13.5. The van der Waals surface area contributed by atoms with E-state index in [0.717, 1.165) is 12.1 Å². The van der Waals surface area contributed by atoms with Crippen molar-refractivity contribution in [3.63, 3.8) is 0 Å². The van der Waals surface area contributed by atoms with Crippen molar-refractivity contribution in [1.82, 2.24) is 19.5 Å². The van der Waals surface area contributed by atoms with Crippen molar-refractivity contribution in [3.8, 4) is 5.88 Å². The van der Waals surface area contributed by atoms with Crippen LogP contribution in [0.3, 0.4) is 0 Å². The molecular formula is C24H36N6O5S. The molecule has 0 saturated carbocycles. The van der Waals surface area contributed by atoms with Crippen LogP contribution in [0.5, 0.6) is 5.88 Å². The van der Waals surface area contributed by atoms with Crippen LogP contribution < -0.4 is 10.1 Å². The van der Waals surface area contributed by atoms with E-state index in [1.54, 1.807) is 7.11 Å². The molecule has 2 aliphatic rings. The van der Waals surface area contributed by atoms with E-state index >= 15 is 0 Å². The number of methoxy groups -OCH3 is 1. The number of carbonyl (C=O) groups excluding carboxylic acids is 1. The normalized spacial score (nSPS) is 21.2. The van der Waals surface area contributed by atoms with Crippen LogP contribution in [-0.2, 0) is 19.6 Å². The van der Waals surface area contributed by atoms with Gasteiger partial charge in [-0.05, 0) is 38.5 Å². The van der Waals surface area contributed by atoms with Crippen LogP contribution in [0.2, 0.25) is 0 Å². The Balaban J connectivity index is 2.09. The number of sulfonamides is 1. The van der Waals surface area contributed by atoms with E-state index in [1.807, 2.05) is 20.8 Å². The lowest BCUT2D eigenvalue weighted by Gasteiger charge is -2.33. The SMILES string of the molecule is CC/C(C)=C1\N=C(c2cc(S(=O)(=O)N3CCN(CC)CC3)cnc2OCC(C)OC)NC(=O)C1=NC. The Morgan fingerprint density at radius 1 is 1.25 bits per heavy atom. The van der Waals surface area contributed by atoms with E-state index in [2.05, 4.69) is 32.1 Å². The Bertz CT molecular complexity index is 1170. The van der Waals surface area contributed by atoms with Crippen LogP contribution in [0.4, 0.5) is 0 Å². The summed E-state index contributed by atoms with van der Waals surface area (Å²) < 4.78 is 39.5. The Morgan fingerprint density at radius 2 is 1.94 bits per heavy atom. The van der Waals surface area contributed by atoms with Crippen molar-refractivity contribution in [1.29, 1.82) is 0 Å². The second-order valence-electron chi connectivity index (χ2n) is 8.69. The molecule has 0 radical (unpaired) electrons. The number of allylic oxidation sites excluding steroid dienone is 1.